The second-order valence-electron chi connectivity index (χ2n) is 3.84. The van der Waals surface area contributed by atoms with Crippen molar-refractivity contribution in [2.75, 3.05) is 19.6 Å². The lowest BCUT2D eigenvalue weighted by Gasteiger charge is -2.13. The smallest absolute Gasteiger partial charge is 0.241 e. The first-order valence-electron chi connectivity index (χ1n) is 5.91. The van der Waals surface area contributed by atoms with Crippen LogP contribution in [0.4, 0.5) is 0 Å². The van der Waals surface area contributed by atoms with E-state index in [1.807, 2.05) is 27.7 Å². The molecule has 0 rings (SSSR count). The first kappa shape index (κ1) is 18.8. The first-order valence-corrected chi connectivity index (χ1v) is 5.91. The molecule has 102 valence electrons. The molecule has 0 spiro atoms. The fourth-order valence-corrected chi connectivity index (χ4v) is 1.06. The number of hydrogen-bond donors (Lipinski definition) is 3. The lowest BCUT2D eigenvalue weighted by molar-refractivity contribution is -0.119. The van der Waals surface area contributed by atoms with E-state index >= 15 is 0 Å². The number of guanidine groups is 1. The minimum atomic E-state index is -0.0391. The van der Waals surface area contributed by atoms with Crippen molar-refractivity contribution >= 4 is 35.8 Å². The van der Waals surface area contributed by atoms with Crippen LogP contribution < -0.4 is 16.0 Å². The monoisotopic (exact) mass is 356 g/mol. The van der Waals surface area contributed by atoms with E-state index in [0.29, 0.717) is 18.5 Å². The van der Waals surface area contributed by atoms with Crippen LogP contribution >= 0.6 is 24.0 Å². The standard InChI is InChI=1S/C11H24N4O.HI/c1-5-7-13-10(16)8-14-11(12-6-2)15-9(3)4;/h9H,5-8H2,1-4H3,(H,13,16)(H2,12,14,15);1H. The molecule has 0 fully saturated rings. The molecular weight excluding hydrogens is 331 g/mol. The van der Waals surface area contributed by atoms with Crippen molar-refractivity contribution in [3.63, 3.8) is 0 Å². The molecule has 0 saturated carbocycles. The SMILES string of the molecule is CCCNC(=O)CN=C(NCC)NC(C)C.I. The van der Waals surface area contributed by atoms with Crippen molar-refractivity contribution in [2.24, 2.45) is 4.99 Å². The van der Waals surface area contributed by atoms with E-state index in [2.05, 4.69) is 20.9 Å². The van der Waals surface area contributed by atoms with Crippen LogP contribution in [-0.4, -0.2) is 37.5 Å². The van der Waals surface area contributed by atoms with Crippen LogP contribution in [0.2, 0.25) is 0 Å². The second-order valence-corrected chi connectivity index (χ2v) is 3.84. The first-order chi connectivity index (χ1) is 7.60. The van der Waals surface area contributed by atoms with Crippen LogP contribution in [-0.2, 0) is 4.79 Å². The maximum atomic E-state index is 11.3. The second kappa shape index (κ2) is 11.9. The van der Waals surface area contributed by atoms with Gasteiger partial charge in [-0.05, 0) is 27.2 Å². The Balaban J connectivity index is 0. The molecular formula is C11H25IN4O. The highest BCUT2D eigenvalue weighted by atomic mass is 127. The topological polar surface area (TPSA) is 65.5 Å². The molecule has 0 aliphatic carbocycles. The van der Waals surface area contributed by atoms with Crippen LogP contribution in [0.25, 0.3) is 0 Å². The summed E-state index contributed by atoms with van der Waals surface area (Å²) >= 11 is 0. The Kier molecular flexibility index (Phi) is 13.2. The minimum absolute atomic E-state index is 0. The molecule has 0 aliphatic rings. The van der Waals surface area contributed by atoms with Gasteiger partial charge in [-0.15, -0.1) is 24.0 Å². The van der Waals surface area contributed by atoms with Gasteiger partial charge in [-0.1, -0.05) is 6.92 Å². The van der Waals surface area contributed by atoms with Crippen LogP contribution in [0.5, 0.6) is 0 Å². The van der Waals surface area contributed by atoms with Crippen molar-refractivity contribution in [3.05, 3.63) is 0 Å². The molecule has 0 aromatic heterocycles. The van der Waals surface area contributed by atoms with Gasteiger partial charge in [0.15, 0.2) is 5.96 Å². The average molecular weight is 356 g/mol. The van der Waals surface area contributed by atoms with Crippen LogP contribution in [0.1, 0.15) is 34.1 Å². The van der Waals surface area contributed by atoms with Crippen LogP contribution in [0.3, 0.4) is 0 Å². The zero-order valence-corrected chi connectivity index (χ0v) is 13.5. The highest BCUT2D eigenvalue weighted by Crippen LogP contribution is 1.80. The number of nitrogens with zero attached hydrogens (tertiary/aromatic N) is 1. The third-order valence-corrected chi connectivity index (χ3v) is 1.72. The molecule has 0 radical (unpaired) electrons. The number of halogens is 1. The molecule has 3 N–H and O–H groups in total. The van der Waals surface area contributed by atoms with Crippen molar-refractivity contribution in [1.29, 1.82) is 0 Å². The number of carbonyl (C=O) groups is 1. The van der Waals surface area contributed by atoms with Crippen LogP contribution in [0, 0.1) is 0 Å². The summed E-state index contributed by atoms with van der Waals surface area (Å²) in [6, 6.07) is 0.302. The Bertz CT molecular complexity index is 232. The van der Waals surface area contributed by atoms with Crippen molar-refractivity contribution in [3.8, 4) is 0 Å². The molecule has 0 aliphatic heterocycles. The number of nitrogens with one attached hydrogen (secondary N) is 3. The fourth-order valence-electron chi connectivity index (χ4n) is 1.06. The van der Waals surface area contributed by atoms with Crippen molar-refractivity contribution in [2.45, 2.75) is 40.2 Å². The summed E-state index contributed by atoms with van der Waals surface area (Å²) in [6.07, 6.45) is 0.944. The third-order valence-electron chi connectivity index (χ3n) is 1.72. The van der Waals surface area contributed by atoms with Gasteiger partial charge in [0.25, 0.3) is 0 Å². The van der Waals surface area contributed by atoms with E-state index in [4.69, 9.17) is 0 Å². The Morgan fingerprint density at radius 1 is 1.24 bits per heavy atom. The summed E-state index contributed by atoms with van der Waals surface area (Å²) in [6.45, 7) is 9.75. The normalized spacial score (nSPS) is 10.8. The molecule has 0 unspecified atom stereocenters. The summed E-state index contributed by atoms with van der Waals surface area (Å²) in [5, 5.41) is 9.02. The van der Waals surface area contributed by atoms with E-state index in [-0.39, 0.29) is 36.4 Å². The maximum Gasteiger partial charge on any atom is 0.241 e. The van der Waals surface area contributed by atoms with E-state index < -0.39 is 0 Å². The molecule has 6 heteroatoms. The van der Waals surface area contributed by atoms with Crippen molar-refractivity contribution < 1.29 is 4.79 Å². The van der Waals surface area contributed by atoms with Gasteiger partial charge in [0.2, 0.25) is 5.91 Å². The molecule has 0 bridgehead atoms. The molecule has 0 aromatic rings. The Morgan fingerprint density at radius 3 is 2.35 bits per heavy atom. The Morgan fingerprint density at radius 2 is 1.88 bits per heavy atom. The molecule has 5 nitrogen and oxygen atoms in total. The Labute approximate surface area is 121 Å². The van der Waals surface area contributed by atoms with E-state index in [1.54, 1.807) is 0 Å². The number of amides is 1. The van der Waals surface area contributed by atoms with Gasteiger partial charge < -0.3 is 16.0 Å². The van der Waals surface area contributed by atoms with Gasteiger partial charge >= 0.3 is 0 Å². The van der Waals surface area contributed by atoms with Gasteiger partial charge in [0.05, 0.1) is 0 Å². The minimum Gasteiger partial charge on any atom is -0.357 e. The predicted molar refractivity (Wildman–Crippen MR) is 83.0 cm³/mol. The highest BCUT2D eigenvalue weighted by Gasteiger charge is 2.02. The number of hydrogen-bond acceptors (Lipinski definition) is 2. The maximum absolute atomic E-state index is 11.3. The predicted octanol–water partition coefficient (Wildman–Crippen LogP) is 1.09. The molecule has 0 heterocycles. The van der Waals surface area contributed by atoms with Crippen molar-refractivity contribution in [1.82, 2.24) is 16.0 Å². The summed E-state index contributed by atoms with van der Waals surface area (Å²) < 4.78 is 0. The zero-order chi connectivity index (χ0) is 12.4. The zero-order valence-electron chi connectivity index (χ0n) is 11.2. The van der Waals surface area contributed by atoms with Crippen LogP contribution in [0.15, 0.2) is 4.99 Å². The van der Waals surface area contributed by atoms with Gasteiger partial charge in [0.1, 0.15) is 6.54 Å². The average Bonchev–Trinajstić information content (AvgIpc) is 2.22. The van der Waals surface area contributed by atoms with E-state index in [0.717, 1.165) is 13.0 Å². The molecule has 0 atom stereocenters. The molecule has 17 heavy (non-hydrogen) atoms. The number of rotatable bonds is 6. The fraction of sp³-hybridized carbons (Fsp3) is 0.818. The lowest BCUT2D eigenvalue weighted by atomic mass is 10.4. The Hall–Kier alpha value is -0.530. The molecule has 0 aromatic carbocycles. The largest absolute Gasteiger partial charge is 0.357 e. The number of aliphatic imine (C=N–C) groups is 1. The third kappa shape index (κ3) is 11.7. The summed E-state index contributed by atoms with van der Waals surface area (Å²) in [4.78, 5) is 15.5. The molecule has 0 saturated heterocycles. The van der Waals surface area contributed by atoms with Gasteiger partial charge in [-0.3, -0.25) is 4.79 Å². The summed E-state index contributed by atoms with van der Waals surface area (Å²) in [7, 11) is 0. The number of carbonyl (C=O) groups excluding carboxylic acids is 1. The summed E-state index contributed by atoms with van der Waals surface area (Å²) in [5.41, 5.74) is 0. The van der Waals surface area contributed by atoms with Gasteiger partial charge in [-0.25, -0.2) is 4.99 Å². The quantitative estimate of drug-likeness (QED) is 0.379. The molecule has 1 amide bonds. The van der Waals surface area contributed by atoms with E-state index in [1.165, 1.54) is 0 Å². The van der Waals surface area contributed by atoms with Gasteiger partial charge in [-0.2, -0.15) is 0 Å². The lowest BCUT2D eigenvalue weighted by Crippen LogP contribution is -2.41. The van der Waals surface area contributed by atoms with E-state index in [9.17, 15) is 4.79 Å². The summed E-state index contributed by atoms with van der Waals surface area (Å²) in [5.74, 6) is 0.645. The van der Waals surface area contributed by atoms with Gasteiger partial charge in [0, 0.05) is 19.1 Å². The highest BCUT2D eigenvalue weighted by molar-refractivity contribution is 14.0.